The van der Waals surface area contributed by atoms with E-state index in [0.29, 0.717) is 6.42 Å². The first-order valence-corrected chi connectivity index (χ1v) is 9.98. The molecule has 0 amide bonds. The lowest BCUT2D eigenvalue weighted by atomic mass is 10.0. The maximum atomic E-state index is 11.6. The van der Waals surface area contributed by atoms with E-state index >= 15 is 0 Å². The highest BCUT2D eigenvalue weighted by molar-refractivity contribution is 7.87. The molecule has 0 spiro atoms. The highest BCUT2D eigenvalue weighted by Crippen LogP contribution is 2.14. The molecule has 144 valence electrons. The van der Waals surface area contributed by atoms with E-state index in [-0.39, 0.29) is 18.9 Å². The zero-order valence-corrected chi connectivity index (χ0v) is 16.0. The average molecular weight is 368 g/mol. The van der Waals surface area contributed by atoms with E-state index in [1.54, 1.807) is 0 Å². The van der Waals surface area contributed by atoms with Gasteiger partial charge in [0, 0.05) is 6.42 Å². The second-order valence-electron chi connectivity index (χ2n) is 5.60. The Morgan fingerprint density at radius 1 is 1.04 bits per heavy atom. The standard InChI is InChI=1S/C12H24O5S.C4H8O2/c1-4-7-8-10(5-2)9-17-12(13)11(6-3)18(14,15)16;1-2-3-4(5)6/h10-11H,4-9H2,1-3H3,(H,14,15,16);2-3H2,1H3,(H,5,6). The number of aliphatic carboxylic acids is 1. The molecule has 0 radical (unpaired) electrons. The summed E-state index contributed by atoms with van der Waals surface area (Å²) in [6.07, 6.45) is 5.02. The van der Waals surface area contributed by atoms with Crippen LogP contribution in [0, 0.1) is 5.92 Å². The first-order chi connectivity index (χ1) is 11.1. The van der Waals surface area contributed by atoms with Crippen molar-refractivity contribution in [2.45, 2.75) is 77.9 Å². The van der Waals surface area contributed by atoms with E-state index in [1.165, 1.54) is 6.92 Å². The summed E-state index contributed by atoms with van der Waals surface area (Å²) < 4.78 is 35.8. The molecule has 0 aliphatic heterocycles. The van der Waals surface area contributed by atoms with Gasteiger partial charge in [-0.3, -0.25) is 14.1 Å². The third-order valence-corrected chi connectivity index (χ3v) is 4.71. The third-order valence-electron chi connectivity index (χ3n) is 3.46. The van der Waals surface area contributed by atoms with Gasteiger partial charge in [0.15, 0.2) is 5.25 Å². The highest BCUT2D eigenvalue weighted by Gasteiger charge is 2.31. The Balaban J connectivity index is 0. The minimum atomic E-state index is -4.36. The molecule has 8 heteroatoms. The van der Waals surface area contributed by atoms with Crippen molar-refractivity contribution in [3.63, 3.8) is 0 Å². The lowest BCUT2D eigenvalue weighted by Crippen LogP contribution is -2.32. The number of carboxylic acid groups (broad SMARTS) is 1. The van der Waals surface area contributed by atoms with Crippen molar-refractivity contribution >= 4 is 22.1 Å². The zero-order chi connectivity index (χ0) is 19.2. The van der Waals surface area contributed by atoms with Crippen molar-refractivity contribution in [2.24, 2.45) is 5.92 Å². The zero-order valence-electron chi connectivity index (χ0n) is 15.2. The fraction of sp³-hybridized carbons (Fsp3) is 0.875. The summed E-state index contributed by atoms with van der Waals surface area (Å²) >= 11 is 0. The van der Waals surface area contributed by atoms with Crippen molar-refractivity contribution in [1.82, 2.24) is 0 Å². The van der Waals surface area contributed by atoms with E-state index in [9.17, 15) is 18.0 Å². The minimum Gasteiger partial charge on any atom is -0.481 e. The van der Waals surface area contributed by atoms with Crippen molar-refractivity contribution in [1.29, 1.82) is 0 Å². The van der Waals surface area contributed by atoms with Gasteiger partial charge in [-0.25, -0.2) is 0 Å². The molecule has 0 rings (SSSR count). The van der Waals surface area contributed by atoms with Crippen LogP contribution in [0.4, 0.5) is 0 Å². The van der Waals surface area contributed by atoms with E-state index in [2.05, 4.69) is 6.92 Å². The van der Waals surface area contributed by atoms with Gasteiger partial charge in [0.1, 0.15) is 0 Å². The van der Waals surface area contributed by atoms with Gasteiger partial charge in [-0.1, -0.05) is 47.0 Å². The number of carboxylic acids is 1. The van der Waals surface area contributed by atoms with Crippen molar-refractivity contribution < 1.29 is 32.4 Å². The first kappa shape index (κ1) is 25.1. The Labute approximate surface area is 145 Å². The largest absolute Gasteiger partial charge is 0.481 e. The summed E-state index contributed by atoms with van der Waals surface area (Å²) in [7, 11) is -4.36. The smallest absolute Gasteiger partial charge is 0.326 e. The molecule has 0 aromatic carbocycles. The SMILES string of the molecule is CCCC(=O)O.CCCCC(CC)COC(=O)C(CC)S(=O)(=O)O. The van der Waals surface area contributed by atoms with Crippen LogP contribution < -0.4 is 0 Å². The molecule has 0 aliphatic rings. The molecule has 0 aromatic heterocycles. The van der Waals surface area contributed by atoms with Crippen LogP contribution in [0.15, 0.2) is 0 Å². The second-order valence-corrected chi connectivity index (χ2v) is 7.20. The molecule has 0 saturated carbocycles. The Kier molecular flexibility index (Phi) is 14.9. The van der Waals surface area contributed by atoms with Crippen LogP contribution in [0.2, 0.25) is 0 Å². The quantitative estimate of drug-likeness (QED) is 0.424. The minimum absolute atomic E-state index is 0.0173. The molecule has 0 fully saturated rings. The Morgan fingerprint density at radius 3 is 1.92 bits per heavy atom. The summed E-state index contributed by atoms with van der Waals surface area (Å²) in [6.45, 7) is 7.68. The number of hydrogen-bond donors (Lipinski definition) is 2. The predicted octanol–water partition coefficient (Wildman–Crippen LogP) is 3.28. The summed E-state index contributed by atoms with van der Waals surface area (Å²) in [5, 5.41) is 6.46. The van der Waals surface area contributed by atoms with Crippen LogP contribution in [-0.2, 0) is 24.4 Å². The number of hydrogen-bond acceptors (Lipinski definition) is 5. The molecule has 2 N–H and O–H groups in total. The first-order valence-electron chi connectivity index (χ1n) is 8.48. The van der Waals surface area contributed by atoms with Crippen LogP contribution >= 0.6 is 0 Å². The molecule has 24 heavy (non-hydrogen) atoms. The monoisotopic (exact) mass is 368 g/mol. The summed E-state index contributed by atoms with van der Waals surface area (Å²) in [5.74, 6) is -1.31. The Bertz CT molecular complexity index is 445. The number of carbonyl (C=O) groups excluding carboxylic acids is 1. The molecule has 0 aliphatic carbocycles. The van der Waals surface area contributed by atoms with Gasteiger partial charge in [0.2, 0.25) is 0 Å². The average Bonchev–Trinajstić information content (AvgIpc) is 2.47. The third kappa shape index (κ3) is 13.3. The van der Waals surface area contributed by atoms with Crippen LogP contribution in [0.5, 0.6) is 0 Å². The molecule has 0 bridgehead atoms. The van der Waals surface area contributed by atoms with Crippen LogP contribution in [0.1, 0.15) is 72.6 Å². The maximum absolute atomic E-state index is 11.6. The van der Waals surface area contributed by atoms with E-state index in [1.807, 2.05) is 13.8 Å². The Morgan fingerprint density at radius 2 is 1.62 bits per heavy atom. The lowest BCUT2D eigenvalue weighted by molar-refractivity contribution is -0.144. The normalized spacial score (nSPS) is 13.4. The molecule has 0 saturated heterocycles. The van der Waals surface area contributed by atoms with Gasteiger partial charge in [-0.05, 0) is 25.2 Å². The van der Waals surface area contributed by atoms with E-state index in [0.717, 1.165) is 32.1 Å². The molecule has 7 nitrogen and oxygen atoms in total. The molecule has 0 aromatic rings. The van der Waals surface area contributed by atoms with Gasteiger partial charge in [-0.15, -0.1) is 0 Å². The number of carbonyl (C=O) groups is 2. The predicted molar refractivity (Wildman–Crippen MR) is 92.4 cm³/mol. The van der Waals surface area contributed by atoms with Crippen molar-refractivity contribution in [2.75, 3.05) is 6.61 Å². The van der Waals surface area contributed by atoms with E-state index in [4.69, 9.17) is 14.4 Å². The fourth-order valence-corrected chi connectivity index (χ4v) is 2.64. The fourth-order valence-electron chi connectivity index (χ4n) is 1.90. The molecule has 2 unspecified atom stereocenters. The van der Waals surface area contributed by atoms with Gasteiger partial charge in [0.05, 0.1) is 6.61 Å². The second kappa shape index (κ2) is 14.2. The number of ether oxygens (including phenoxy) is 1. The van der Waals surface area contributed by atoms with Gasteiger partial charge < -0.3 is 9.84 Å². The molecular weight excluding hydrogens is 336 g/mol. The van der Waals surface area contributed by atoms with Crippen molar-refractivity contribution in [3.05, 3.63) is 0 Å². The van der Waals surface area contributed by atoms with Gasteiger partial charge in [0.25, 0.3) is 10.1 Å². The van der Waals surface area contributed by atoms with Crippen LogP contribution in [0.3, 0.4) is 0 Å². The van der Waals surface area contributed by atoms with Crippen LogP contribution in [-0.4, -0.2) is 41.9 Å². The topological polar surface area (TPSA) is 118 Å². The summed E-state index contributed by atoms with van der Waals surface area (Å²) in [5.41, 5.74) is 0. The number of esters is 1. The van der Waals surface area contributed by atoms with Crippen LogP contribution in [0.25, 0.3) is 0 Å². The lowest BCUT2D eigenvalue weighted by Gasteiger charge is -2.16. The van der Waals surface area contributed by atoms with Crippen molar-refractivity contribution in [3.8, 4) is 0 Å². The van der Waals surface area contributed by atoms with Gasteiger partial charge in [-0.2, -0.15) is 8.42 Å². The number of unbranched alkanes of at least 4 members (excludes halogenated alkanes) is 1. The Hall–Kier alpha value is -1.15. The molecular formula is C16H32O7S. The summed E-state index contributed by atoms with van der Waals surface area (Å²) in [4.78, 5) is 21.2. The van der Waals surface area contributed by atoms with E-state index < -0.39 is 27.3 Å². The maximum Gasteiger partial charge on any atom is 0.326 e. The molecule has 0 heterocycles. The summed E-state index contributed by atoms with van der Waals surface area (Å²) in [6, 6.07) is 0. The van der Waals surface area contributed by atoms with Gasteiger partial charge >= 0.3 is 11.9 Å². The highest BCUT2D eigenvalue weighted by atomic mass is 32.2. The molecule has 2 atom stereocenters. The number of rotatable bonds is 11.